The monoisotopic (exact) mass is 536 g/mol. The highest BCUT2D eigenvalue weighted by atomic mass is 35.5. The van der Waals surface area contributed by atoms with Gasteiger partial charge in [-0.3, -0.25) is 9.78 Å². The zero-order valence-corrected chi connectivity index (χ0v) is 21.6. The van der Waals surface area contributed by atoms with E-state index in [0.717, 1.165) is 39.9 Å². The highest BCUT2D eigenvalue weighted by Crippen LogP contribution is 2.57. The standard InChI is InChI=1S/C30H21ClN4O2S/c31-22-13-14-27-24(17-22)26-18-25(21-9-3-1-4-10-21)33-35(26)30(37-27)28(16-20-8-7-15-32-19-20)38-29(36)34(30)23-11-5-2-6-12-23/h1-17,19,26H,18H2/b28-16-. The quantitative estimate of drug-likeness (QED) is 0.274. The second-order valence-corrected chi connectivity index (χ2v) is 10.6. The third kappa shape index (κ3) is 3.61. The van der Waals surface area contributed by atoms with Gasteiger partial charge in [0, 0.05) is 29.4 Å². The number of hydrogen-bond donors (Lipinski definition) is 0. The molecule has 1 aromatic heterocycles. The summed E-state index contributed by atoms with van der Waals surface area (Å²) in [5, 5.41) is 7.59. The lowest BCUT2D eigenvalue weighted by molar-refractivity contribution is -0.0763. The van der Waals surface area contributed by atoms with Gasteiger partial charge in [-0.15, -0.1) is 0 Å². The molecule has 7 rings (SSSR count). The van der Waals surface area contributed by atoms with Gasteiger partial charge in [0.25, 0.3) is 5.24 Å². The van der Waals surface area contributed by atoms with Gasteiger partial charge in [-0.1, -0.05) is 66.2 Å². The van der Waals surface area contributed by atoms with Crippen molar-refractivity contribution in [3.63, 3.8) is 0 Å². The molecule has 186 valence electrons. The Balaban J connectivity index is 1.49. The Kier molecular flexibility index (Phi) is 5.49. The van der Waals surface area contributed by atoms with E-state index in [-0.39, 0.29) is 11.3 Å². The normalized spacial score (nSPS) is 22.9. The second-order valence-electron chi connectivity index (χ2n) is 9.20. The molecule has 0 aliphatic carbocycles. The minimum atomic E-state index is -1.33. The predicted molar refractivity (Wildman–Crippen MR) is 151 cm³/mol. The molecular weight excluding hydrogens is 516 g/mol. The highest BCUT2D eigenvalue weighted by Gasteiger charge is 2.63. The van der Waals surface area contributed by atoms with Gasteiger partial charge in [0.05, 0.1) is 22.3 Å². The van der Waals surface area contributed by atoms with Gasteiger partial charge in [-0.05, 0) is 65.4 Å². The molecule has 0 saturated carbocycles. The summed E-state index contributed by atoms with van der Waals surface area (Å²) < 4.78 is 6.91. The maximum absolute atomic E-state index is 13.8. The van der Waals surface area contributed by atoms with Gasteiger partial charge in [-0.25, -0.2) is 9.91 Å². The second kappa shape index (κ2) is 9.04. The van der Waals surface area contributed by atoms with Crippen molar-refractivity contribution in [2.24, 2.45) is 5.10 Å². The highest BCUT2D eigenvalue weighted by molar-refractivity contribution is 8.17. The van der Waals surface area contributed by atoms with E-state index in [1.807, 2.05) is 89.9 Å². The van der Waals surface area contributed by atoms with E-state index in [4.69, 9.17) is 21.4 Å². The summed E-state index contributed by atoms with van der Waals surface area (Å²) in [7, 11) is 0. The molecule has 1 fully saturated rings. The Morgan fingerprint density at radius 3 is 2.55 bits per heavy atom. The fraction of sp³-hybridized carbons (Fsp3) is 0.100. The van der Waals surface area contributed by atoms with E-state index in [1.54, 1.807) is 17.3 Å². The summed E-state index contributed by atoms with van der Waals surface area (Å²) in [5.41, 5.74) is 4.48. The predicted octanol–water partition coefficient (Wildman–Crippen LogP) is 7.35. The lowest BCUT2D eigenvalue weighted by Crippen LogP contribution is -2.63. The molecule has 1 saturated heterocycles. The van der Waals surface area contributed by atoms with Crippen molar-refractivity contribution < 1.29 is 9.53 Å². The molecule has 4 heterocycles. The van der Waals surface area contributed by atoms with Crippen LogP contribution in [-0.4, -0.2) is 26.8 Å². The number of ether oxygens (including phenoxy) is 1. The van der Waals surface area contributed by atoms with Crippen molar-refractivity contribution in [3.8, 4) is 5.75 Å². The molecule has 4 aromatic rings. The number of anilines is 1. The molecular formula is C30H21ClN4O2S. The van der Waals surface area contributed by atoms with Gasteiger partial charge in [0.15, 0.2) is 0 Å². The molecule has 1 amide bonds. The Bertz CT molecular complexity index is 1600. The number of amides is 1. The van der Waals surface area contributed by atoms with Crippen LogP contribution in [0.3, 0.4) is 0 Å². The van der Waals surface area contributed by atoms with E-state index in [9.17, 15) is 4.79 Å². The molecule has 3 aromatic carbocycles. The van der Waals surface area contributed by atoms with Crippen molar-refractivity contribution in [3.05, 3.63) is 130 Å². The number of pyridine rings is 1. The number of hydrazone groups is 1. The zero-order valence-electron chi connectivity index (χ0n) is 20.1. The summed E-state index contributed by atoms with van der Waals surface area (Å²) in [6.45, 7) is 0. The fourth-order valence-electron chi connectivity index (χ4n) is 5.25. The average Bonchev–Trinajstić information content (AvgIpc) is 3.52. The Hall–Kier alpha value is -4.07. The van der Waals surface area contributed by atoms with Crippen LogP contribution >= 0.6 is 23.4 Å². The molecule has 38 heavy (non-hydrogen) atoms. The van der Waals surface area contributed by atoms with E-state index < -0.39 is 5.85 Å². The van der Waals surface area contributed by atoms with E-state index in [2.05, 4.69) is 17.1 Å². The maximum Gasteiger partial charge on any atom is 0.321 e. The van der Waals surface area contributed by atoms with Gasteiger partial charge >= 0.3 is 5.85 Å². The van der Waals surface area contributed by atoms with Crippen molar-refractivity contribution in [1.82, 2.24) is 9.99 Å². The summed E-state index contributed by atoms with van der Waals surface area (Å²) in [6.07, 6.45) is 6.11. The number of nitrogens with zero attached hydrogens (tertiary/aromatic N) is 4. The number of fused-ring (bicyclic) bond motifs is 4. The van der Waals surface area contributed by atoms with Crippen LogP contribution in [0.2, 0.25) is 5.02 Å². The molecule has 2 atom stereocenters. The zero-order chi connectivity index (χ0) is 25.7. The van der Waals surface area contributed by atoms with Crippen molar-refractivity contribution in [2.45, 2.75) is 18.3 Å². The molecule has 1 spiro atoms. The minimum absolute atomic E-state index is 0.147. The number of thioether (sulfide) groups is 1. The van der Waals surface area contributed by atoms with Crippen LogP contribution in [0, 0.1) is 0 Å². The van der Waals surface area contributed by atoms with Crippen LogP contribution in [0.15, 0.2) is 113 Å². The van der Waals surface area contributed by atoms with Crippen molar-refractivity contribution in [2.75, 3.05) is 4.90 Å². The summed E-state index contributed by atoms with van der Waals surface area (Å²) in [4.78, 5) is 20.5. The van der Waals surface area contributed by atoms with E-state index in [0.29, 0.717) is 22.1 Å². The lowest BCUT2D eigenvalue weighted by Gasteiger charge is -2.49. The number of benzene rings is 3. The van der Waals surface area contributed by atoms with Crippen molar-refractivity contribution in [1.29, 1.82) is 0 Å². The molecule has 3 aliphatic heterocycles. The third-order valence-corrected chi connectivity index (χ3v) is 8.11. The van der Waals surface area contributed by atoms with Gasteiger partial charge in [0.2, 0.25) is 0 Å². The smallest absolute Gasteiger partial charge is 0.321 e. The number of hydrogen-bond acceptors (Lipinski definition) is 6. The lowest BCUT2D eigenvalue weighted by atomic mass is 9.95. The Morgan fingerprint density at radius 1 is 1.00 bits per heavy atom. The van der Waals surface area contributed by atoms with Gasteiger partial charge in [-0.2, -0.15) is 5.10 Å². The molecule has 8 heteroatoms. The Labute approximate surface area is 229 Å². The topological polar surface area (TPSA) is 58.0 Å². The number of carbonyl (C=O) groups excluding carboxylic acids is 1. The molecule has 0 radical (unpaired) electrons. The summed E-state index contributed by atoms with van der Waals surface area (Å²) in [5.74, 6) is -0.658. The van der Waals surface area contributed by atoms with E-state index >= 15 is 0 Å². The van der Waals surface area contributed by atoms with Gasteiger partial charge in [0.1, 0.15) is 5.75 Å². The Morgan fingerprint density at radius 2 is 1.79 bits per heavy atom. The van der Waals surface area contributed by atoms with Crippen LogP contribution in [0.5, 0.6) is 5.75 Å². The first-order valence-electron chi connectivity index (χ1n) is 12.2. The molecule has 0 bridgehead atoms. The number of halogens is 1. The third-order valence-electron chi connectivity index (χ3n) is 6.91. The largest absolute Gasteiger partial charge is 0.443 e. The first kappa shape index (κ1) is 23.1. The SMILES string of the molecule is O=C1S/C(=C\c2cccnc2)C2(Oc3ccc(Cl)cc3C3CC(c4ccccc4)=NN32)N1c1ccccc1. The van der Waals surface area contributed by atoms with Crippen LogP contribution in [0.25, 0.3) is 6.08 Å². The molecule has 0 N–H and O–H groups in total. The van der Waals surface area contributed by atoms with Crippen LogP contribution < -0.4 is 9.64 Å². The average molecular weight is 537 g/mol. The number of aromatic nitrogens is 1. The number of para-hydroxylation sites is 1. The molecule has 6 nitrogen and oxygen atoms in total. The first-order chi connectivity index (χ1) is 18.6. The maximum atomic E-state index is 13.8. The molecule has 2 unspecified atom stereocenters. The van der Waals surface area contributed by atoms with E-state index in [1.165, 1.54) is 0 Å². The number of rotatable bonds is 3. The van der Waals surface area contributed by atoms with Crippen LogP contribution in [0.1, 0.15) is 29.2 Å². The van der Waals surface area contributed by atoms with Gasteiger partial charge < -0.3 is 4.74 Å². The number of carbonyl (C=O) groups is 1. The van der Waals surface area contributed by atoms with Crippen LogP contribution in [-0.2, 0) is 0 Å². The first-order valence-corrected chi connectivity index (χ1v) is 13.4. The minimum Gasteiger partial charge on any atom is -0.443 e. The summed E-state index contributed by atoms with van der Waals surface area (Å²) in [6, 6.07) is 29.0. The molecule has 3 aliphatic rings. The fourth-order valence-corrected chi connectivity index (χ4v) is 6.50. The van der Waals surface area contributed by atoms with Crippen molar-refractivity contribution >= 4 is 46.1 Å². The van der Waals surface area contributed by atoms with Crippen LogP contribution in [0.4, 0.5) is 10.5 Å². The summed E-state index contributed by atoms with van der Waals surface area (Å²) >= 11 is 7.61.